The van der Waals surface area contributed by atoms with Gasteiger partial charge in [-0.1, -0.05) is 13.8 Å². The summed E-state index contributed by atoms with van der Waals surface area (Å²) in [7, 11) is 0. The number of nitrogens with one attached hydrogen (secondary N) is 1. The summed E-state index contributed by atoms with van der Waals surface area (Å²) in [5, 5.41) is 12.7. The molecular weight excluding hydrogens is 270 g/mol. The zero-order chi connectivity index (χ0) is 15.3. The van der Waals surface area contributed by atoms with Crippen LogP contribution >= 0.6 is 0 Å². The van der Waals surface area contributed by atoms with E-state index in [4.69, 9.17) is 4.74 Å². The first-order valence-corrected chi connectivity index (χ1v) is 7.52. The van der Waals surface area contributed by atoms with Crippen LogP contribution in [0.15, 0.2) is 12.4 Å². The van der Waals surface area contributed by atoms with Gasteiger partial charge in [0.15, 0.2) is 0 Å². The van der Waals surface area contributed by atoms with Crippen molar-refractivity contribution >= 4 is 11.8 Å². The Kier molecular flexibility index (Phi) is 4.98. The molecule has 1 saturated carbocycles. The summed E-state index contributed by atoms with van der Waals surface area (Å²) in [5.74, 6) is 0.632. The highest BCUT2D eigenvalue weighted by Gasteiger charge is 2.41. The SMILES string of the molecule is CCCOc1cncc(NC2(C(=O)O)CCC(C)CC2)n1. The Morgan fingerprint density at radius 1 is 1.48 bits per heavy atom. The van der Waals surface area contributed by atoms with Gasteiger partial charge in [-0.15, -0.1) is 0 Å². The van der Waals surface area contributed by atoms with Crippen molar-refractivity contribution in [3.63, 3.8) is 0 Å². The van der Waals surface area contributed by atoms with Crippen LogP contribution in [0.25, 0.3) is 0 Å². The maximum Gasteiger partial charge on any atom is 0.329 e. The summed E-state index contributed by atoms with van der Waals surface area (Å²) in [6.07, 6.45) is 6.98. The van der Waals surface area contributed by atoms with Crippen molar-refractivity contribution in [1.29, 1.82) is 0 Å². The van der Waals surface area contributed by atoms with Crippen LogP contribution in [0, 0.1) is 5.92 Å². The van der Waals surface area contributed by atoms with Gasteiger partial charge >= 0.3 is 5.97 Å². The maximum atomic E-state index is 11.7. The lowest BCUT2D eigenvalue weighted by Gasteiger charge is -2.36. The molecule has 0 unspecified atom stereocenters. The number of aliphatic carboxylic acids is 1. The van der Waals surface area contributed by atoms with E-state index in [2.05, 4.69) is 22.2 Å². The quantitative estimate of drug-likeness (QED) is 0.839. The Morgan fingerprint density at radius 3 is 2.81 bits per heavy atom. The molecule has 0 bridgehead atoms. The second-order valence-electron chi connectivity index (χ2n) is 5.79. The molecule has 2 rings (SSSR count). The Hall–Kier alpha value is -1.85. The minimum Gasteiger partial charge on any atom is -0.480 e. The topological polar surface area (TPSA) is 84.3 Å². The minimum atomic E-state index is -0.940. The van der Waals surface area contributed by atoms with E-state index in [0.717, 1.165) is 19.3 Å². The zero-order valence-corrected chi connectivity index (χ0v) is 12.6. The summed E-state index contributed by atoms with van der Waals surface area (Å²) in [4.78, 5) is 20.1. The van der Waals surface area contributed by atoms with Crippen molar-refractivity contribution in [2.45, 2.75) is 51.5 Å². The molecule has 0 atom stereocenters. The third kappa shape index (κ3) is 3.83. The molecule has 21 heavy (non-hydrogen) atoms. The molecule has 0 amide bonds. The average Bonchev–Trinajstić information content (AvgIpc) is 2.48. The fourth-order valence-corrected chi connectivity index (χ4v) is 2.58. The molecule has 1 aromatic heterocycles. The van der Waals surface area contributed by atoms with Crippen molar-refractivity contribution in [1.82, 2.24) is 9.97 Å². The van der Waals surface area contributed by atoms with E-state index >= 15 is 0 Å². The largest absolute Gasteiger partial charge is 0.480 e. The van der Waals surface area contributed by atoms with Crippen LogP contribution in [0.3, 0.4) is 0 Å². The standard InChI is InChI=1S/C15H23N3O3/c1-3-8-21-13-10-16-9-12(17-13)18-15(14(19)20)6-4-11(2)5-7-15/h9-11H,3-8H2,1-2H3,(H,17,18)(H,19,20). The van der Waals surface area contributed by atoms with Crippen molar-refractivity contribution in [2.75, 3.05) is 11.9 Å². The van der Waals surface area contributed by atoms with Crippen LogP contribution < -0.4 is 10.1 Å². The van der Waals surface area contributed by atoms with Crippen LogP contribution in [-0.2, 0) is 4.79 Å². The predicted octanol–water partition coefficient (Wildman–Crippen LogP) is 2.71. The molecule has 0 saturated heterocycles. The van der Waals surface area contributed by atoms with Gasteiger partial charge in [-0.2, -0.15) is 4.98 Å². The lowest BCUT2D eigenvalue weighted by Crippen LogP contribution is -2.49. The first kappa shape index (κ1) is 15.5. The van der Waals surface area contributed by atoms with Crippen LogP contribution in [0.5, 0.6) is 5.88 Å². The third-order valence-corrected chi connectivity index (χ3v) is 3.97. The number of carbonyl (C=O) groups is 1. The molecule has 0 aromatic carbocycles. The highest BCUT2D eigenvalue weighted by atomic mass is 16.5. The molecule has 0 radical (unpaired) electrons. The van der Waals surface area contributed by atoms with Gasteiger partial charge in [-0.3, -0.25) is 4.98 Å². The van der Waals surface area contributed by atoms with Gasteiger partial charge in [0.2, 0.25) is 5.88 Å². The molecular formula is C15H23N3O3. The number of carboxylic acids is 1. The van der Waals surface area contributed by atoms with E-state index in [1.54, 1.807) is 6.20 Å². The number of aromatic nitrogens is 2. The van der Waals surface area contributed by atoms with E-state index in [-0.39, 0.29) is 0 Å². The first-order chi connectivity index (χ1) is 10.1. The molecule has 1 aromatic rings. The molecule has 0 spiro atoms. The highest BCUT2D eigenvalue weighted by molar-refractivity contribution is 5.82. The normalized spacial score (nSPS) is 25.3. The molecule has 1 heterocycles. The molecule has 2 N–H and O–H groups in total. The van der Waals surface area contributed by atoms with Gasteiger partial charge in [-0.05, 0) is 38.0 Å². The molecule has 116 valence electrons. The smallest absolute Gasteiger partial charge is 0.329 e. The van der Waals surface area contributed by atoms with Gasteiger partial charge in [-0.25, -0.2) is 4.79 Å². The van der Waals surface area contributed by atoms with Crippen molar-refractivity contribution in [2.24, 2.45) is 5.92 Å². The number of anilines is 1. The van der Waals surface area contributed by atoms with Crippen LogP contribution in [0.2, 0.25) is 0 Å². The van der Waals surface area contributed by atoms with E-state index in [1.807, 2.05) is 6.92 Å². The van der Waals surface area contributed by atoms with Crippen molar-refractivity contribution < 1.29 is 14.6 Å². The monoisotopic (exact) mass is 293 g/mol. The van der Waals surface area contributed by atoms with Gasteiger partial charge < -0.3 is 15.2 Å². The van der Waals surface area contributed by atoms with Crippen LogP contribution in [0.1, 0.15) is 46.0 Å². The summed E-state index contributed by atoms with van der Waals surface area (Å²) < 4.78 is 5.43. The lowest BCUT2D eigenvalue weighted by molar-refractivity contribution is -0.143. The first-order valence-electron chi connectivity index (χ1n) is 7.52. The number of nitrogens with zero attached hydrogens (tertiary/aromatic N) is 2. The Morgan fingerprint density at radius 2 is 2.19 bits per heavy atom. The van der Waals surface area contributed by atoms with Crippen LogP contribution in [0.4, 0.5) is 5.82 Å². The van der Waals surface area contributed by atoms with Crippen LogP contribution in [-0.4, -0.2) is 33.2 Å². The molecule has 1 aliphatic carbocycles. The van der Waals surface area contributed by atoms with Gasteiger partial charge in [0.05, 0.1) is 19.0 Å². The Balaban J connectivity index is 2.12. The van der Waals surface area contributed by atoms with E-state index in [1.165, 1.54) is 6.20 Å². The van der Waals surface area contributed by atoms with Gasteiger partial charge in [0.25, 0.3) is 0 Å². The lowest BCUT2D eigenvalue weighted by atomic mass is 9.77. The van der Waals surface area contributed by atoms with Gasteiger partial charge in [0, 0.05) is 0 Å². The molecule has 6 nitrogen and oxygen atoms in total. The fourth-order valence-electron chi connectivity index (χ4n) is 2.58. The fraction of sp³-hybridized carbons (Fsp3) is 0.667. The Bertz CT molecular complexity index is 485. The number of rotatable bonds is 6. The van der Waals surface area contributed by atoms with Crippen molar-refractivity contribution in [3.8, 4) is 5.88 Å². The number of hydrogen-bond donors (Lipinski definition) is 2. The predicted molar refractivity (Wildman–Crippen MR) is 79.4 cm³/mol. The second-order valence-corrected chi connectivity index (χ2v) is 5.79. The number of ether oxygens (including phenoxy) is 1. The molecule has 1 fully saturated rings. The average molecular weight is 293 g/mol. The summed E-state index contributed by atoms with van der Waals surface area (Å²) in [6.45, 7) is 4.74. The third-order valence-electron chi connectivity index (χ3n) is 3.97. The maximum absolute atomic E-state index is 11.7. The van der Waals surface area contributed by atoms with E-state index in [0.29, 0.717) is 37.1 Å². The molecule has 1 aliphatic rings. The Labute approximate surface area is 124 Å². The molecule has 6 heteroatoms. The molecule has 0 aliphatic heterocycles. The summed E-state index contributed by atoms with van der Waals surface area (Å²) >= 11 is 0. The minimum absolute atomic E-state index is 0.423. The summed E-state index contributed by atoms with van der Waals surface area (Å²) in [6, 6.07) is 0. The number of hydrogen-bond acceptors (Lipinski definition) is 5. The van der Waals surface area contributed by atoms with E-state index < -0.39 is 11.5 Å². The van der Waals surface area contributed by atoms with E-state index in [9.17, 15) is 9.90 Å². The highest BCUT2D eigenvalue weighted by Crippen LogP contribution is 2.34. The van der Waals surface area contributed by atoms with Gasteiger partial charge in [0.1, 0.15) is 11.4 Å². The summed E-state index contributed by atoms with van der Waals surface area (Å²) in [5.41, 5.74) is -0.940. The van der Waals surface area contributed by atoms with Crippen molar-refractivity contribution in [3.05, 3.63) is 12.4 Å². The second kappa shape index (κ2) is 6.74. The number of carboxylic acid groups (broad SMARTS) is 1. The zero-order valence-electron chi connectivity index (χ0n) is 12.6.